The molecule has 1 unspecified atom stereocenters. The van der Waals surface area contributed by atoms with Gasteiger partial charge >= 0.3 is 0 Å². The fourth-order valence-electron chi connectivity index (χ4n) is 2.49. The van der Waals surface area contributed by atoms with Gasteiger partial charge in [-0.25, -0.2) is 13.4 Å². The van der Waals surface area contributed by atoms with Gasteiger partial charge in [0.25, 0.3) is 0 Å². The lowest BCUT2D eigenvalue weighted by atomic mass is 10.2. The Kier molecular flexibility index (Phi) is 4.23. The molecule has 22 heavy (non-hydrogen) atoms. The van der Waals surface area contributed by atoms with E-state index < -0.39 is 16.1 Å². The Labute approximate surface area is 132 Å². The molecule has 0 aliphatic carbocycles. The van der Waals surface area contributed by atoms with Crippen LogP contribution in [0.5, 0.6) is 0 Å². The molecule has 8 heteroatoms. The number of aromatic nitrogens is 1. The van der Waals surface area contributed by atoms with Crippen LogP contribution >= 0.6 is 11.3 Å². The van der Waals surface area contributed by atoms with Crippen molar-refractivity contribution >= 4 is 32.4 Å². The van der Waals surface area contributed by atoms with E-state index in [1.165, 1.54) is 15.6 Å². The zero-order valence-corrected chi connectivity index (χ0v) is 13.3. The summed E-state index contributed by atoms with van der Waals surface area (Å²) in [5, 5.41) is 4.91. The summed E-state index contributed by atoms with van der Waals surface area (Å²) >= 11 is 1.30. The normalized spacial score (nSPS) is 19.2. The monoisotopic (exact) mass is 337 g/mol. The Morgan fingerprint density at radius 1 is 1.32 bits per heavy atom. The largest absolute Gasteiger partial charge is 0.301 e. The maximum absolute atomic E-state index is 12.7. The molecule has 2 heterocycles. The van der Waals surface area contributed by atoms with Crippen LogP contribution in [0.2, 0.25) is 0 Å². The van der Waals surface area contributed by atoms with E-state index in [-0.39, 0.29) is 10.8 Å². The summed E-state index contributed by atoms with van der Waals surface area (Å²) < 4.78 is 26.7. The maximum Gasteiger partial charge on any atom is 0.244 e. The molecular weight excluding hydrogens is 322 g/mol. The van der Waals surface area contributed by atoms with Crippen LogP contribution in [0.25, 0.3) is 0 Å². The highest BCUT2D eigenvalue weighted by atomic mass is 32.2. The summed E-state index contributed by atoms with van der Waals surface area (Å²) in [6.07, 6.45) is 2.78. The maximum atomic E-state index is 12.7. The van der Waals surface area contributed by atoms with Crippen molar-refractivity contribution in [2.45, 2.75) is 23.8 Å². The fraction of sp³-hybridized carbons (Fsp3) is 0.286. The molecule has 116 valence electrons. The number of carbonyl (C=O) groups is 1. The van der Waals surface area contributed by atoms with Crippen molar-refractivity contribution in [2.24, 2.45) is 0 Å². The lowest BCUT2D eigenvalue weighted by Gasteiger charge is -2.22. The molecule has 3 rings (SSSR count). The molecule has 1 fully saturated rings. The number of hydrogen-bond donors (Lipinski definition) is 1. The topological polar surface area (TPSA) is 79.4 Å². The van der Waals surface area contributed by atoms with Crippen LogP contribution in [0.1, 0.15) is 12.8 Å². The van der Waals surface area contributed by atoms with Crippen molar-refractivity contribution in [3.05, 3.63) is 41.9 Å². The smallest absolute Gasteiger partial charge is 0.244 e. The van der Waals surface area contributed by atoms with E-state index in [2.05, 4.69) is 10.3 Å². The zero-order valence-electron chi connectivity index (χ0n) is 11.7. The highest BCUT2D eigenvalue weighted by Gasteiger charge is 2.39. The van der Waals surface area contributed by atoms with Gasteiger partial charge in [-0.1, -0.05) is 18.2 Å². The summed E-state index contributed by atoms with van der Waals surface area (Å²) in [4.78, 5) is 16.6. The number of anilines is 1. The number of amides is 1. The molecule has 1 aromatic heterocycles. The molecule has 1 amide bonds. The molecule has 0 spiro atoms. The number of nitrogens with zero attached hydrogens (tertiary/aromatic N) is 2. The minimum Gasteiger partial charge on any atom is -0.301 e. The average molecular weight is 337 g/mol. The second-order valence-electron chi connectivity index (χ2n) is 4.91. The predicted molar refractivity (Wildman–Crippen MR) is 84.1 cm³/mol. The van der Waals surface area contributed by atoms with E-state index in [0.29, 0.717) is 24.5 Å². The van der Waals surface area contributed by atoms with Gasteiger partial charge < -0.3 is 5.32 Å². The van der Waals surface area contributed by atoms with Gasteiger partial charge in [0.2, 0.25) is 15.9 Å². The van der Waals surface area contributed by atoms with Crippen LogP contribution in [0.3, 0.4) is 0 Å². The second-order valence-corrected chi connectivity index (χ2v) is 7.70. The van der Waals surface area contributed by atoms with Crippen molar-refractivity contribution in [2.75, 3.05) is 11.9 Å². The standard InChI is InChI=1S/C14H15N3O3S2/c18-13(16-14-15-8-10-21-14)12-7-4-9-17(12)22(19,20)11-5-2-1-3-6-11/h1-3,5-6,8,10,12H,4,7,9H2,(H,15,16,18). The van der Waals surface area contributed by atoms with Crippen LogP contribution < -0.4 is 5.32 Å². The fourth-order valence-corrected chi connectivity index (χ4v) is 4.70. The van der Waals surface area contributed by atoms with Crippen LogP contribution in [0, 0.1) is 0 Å². The van der Waals surface area contributed by atoms with Crippen LogP contribution in [-0.2, 0) is 14.8 Å². The first-order valence-electron chi connectivity index (χ1n) is 6.86. The highest BCUT2D eigenvalue weighted by Crippen LogP contribution is 2.27. The number of benzene rings is 1. The number of thiazole rings is 1. The van der Waals surface area contributed by atoms with Crippen molar-refractivity contribution in [1.29, 1.82) is 0 Å². The lowest BCUT2D eigenvalue weighted by Crippen LogP contribution is -2.43. The van der Waals surface area contributed by atoms with E-state index >= 15 is 0 Å². The molecule has 1 atom stereocenters. The third-order valence-electron chi connectivity index (χ3n) is 3.52. The summed E-state index contributed by atoms with van der Waals surface area (Å²) in [5.74, 6) is -0.327. The van der Waals surface area contributed by atoms with E-state index in [1.54, 1.807) is 41.9 Å². The van der Waals surface area contributed by atoms with Crippen molar-refractivity contribution < 1.29 is 13.2 Å². The Morgan fingerprint density at radius 3 is 2.77 bits per heavy atom. The van der Waals surface area contributed by atoms with Gasteiger partial charge in [-0.2, -0.15) is 4.31 Å². The number of rotatable bonds is 4. The van der Waals surface area contributed by atoms with E-state index in [9.17, 15) is 13.2 Å². The lowest BCUT2D eigenvalue weighted by molar-refractivity contribution is -0.119. The van der Waals surface area contributed by atoms with Crippen LogP contribution in [-0.4, -0.2) is 36.2 Å². The second kappa shape index (κ2) is 6.15. The summed E-state index contributed by atoms with van der Waals surface area (Å²) in [7, 11) is -3.66. The first-order chi connectivity index (χ1) is 10.6. The van der Waals surface area contributed by atoms with Crippen LogP contribution in [0.4, 0.5) is 5.13 Å². The minimum absolute atomic E-state index is 0.212. The van der Waals surface area contributed by atoms with Gasteiger partial charge in [-0.15, -0.1) is 11.3 Å². The molecule has 1 aromatic carbocycles. The number of nitrogens with one attached hydrogen (secondary N) is 1. The molecule has 1 saturated heterocycles. The molecule has 1 N–H and O–H groups in total. The molecule has 6 nitrogen and oxygen atoms in total. The molecule has 0 saturated carbocycles. The van der Waals surface area contributed by atoms with E-state index in [4.69, 9.17) is 0 Å². The Bertz CT molecular complexity index is 745. The molecule has 0 radical (unpaired) electrons. The summed E-state index contributed by atoms with van der Waals surface area (Å²) in [6.45, 7) is 0.354. The van der Waals surface area contributed by atoms with Crippen molar-refractivity contribution in [1.82, 2.24) is 9.29 Å². The average Bonchev–Trinajstić information content (AvgIpc) is 3.19. The van der Waals surface area contributed by atoms with Crippen molar-refractivity contribution in [3.63, 3.8) is 0 Å². The molecular formula is C14H15N3O3S2. The zero-order chi connectivity index (χ0) is 15.6. The quantitative estimate of drug-likeness (QED) is 0.924. The highest BCUT2D eigenvalue weighted by molar-refractivity contribution is 7.89. The van der Waals surface area contributed by atoms with Crippen molar-refractivity contribution in [3.8, 4) is 0 Å². The van der Waals surface area contributed by atoms with Gasteiger partial charge in [-0.05, 0) is 25.0 Å². The first-order valence-corrected chi connectivity index (χ1v) is 9.18. The minimum atomic E-state index is -3.66. The van der Waals surface area contributed by atoms with Gasteiger partial charge in [0.05, 0.1) is 4.90 Å². The third-order valence-corrected chi connectivity index (χ3v) is 6.13. The summed E-state index contributed by atoms with van der Waals surface area (Å²) in [5.41, 5.74) is 0. The molecule has 2 aromatic rings. The Hall–Kier alpha value is -1.77. The first kappa shape index (κ1) is 15.1. The molecule has 1 aliphatic heterocycles. The number of hydrogen-bond acceptors (Lipinski definition) is 5. The van der Waals surface area contributed by atoms with E-state index in [0.717, 1.165) is 0 Å². The van der Waals surface area contributed by atoms with Gasteiger partial charge in [0.15, 0.2) is 5.13 Å². The number of sulfonamides is 1. The SMILES string of the molecule is O=C(Nc1nccs1)C1CCCN1S(=O)(=O)c1ccccc1. The van der Waals surface area contributed by atoms with Crippen LogP contribution in [0.15, 0.2) is 46.8 Å². The van der Waals surface area contributed by atoms with Gasteiger partial charge in [-0.3, -0.25) is 4.79 Å². The van der Waals surface area contributed by atoms with E-state index in [1.807, 2.05) is 0 Å². The predicted octanol–water partition coefficient (Wildman–Crippen LogP) is 1.93. The number of carbonyl (C=O) groups excluding carboxylic acids is 1. The third kappa shape index (κ3) is 2.90. The molecule has 0 bridgehead atoms. The van der Waals surface area contributed by atoms with Gasteiger partial charge in [0.1, 0.15) is 6.04 Å². The summed E-state index contributed by atoms with van der Waals surface area (Å²) in [6, 6.07) is 7.51. The Morgan fingerprint density at radius 2 is 2.09 bits per heavy atom. The van der Waals surface area contributed by atoms with Gasteiger partial charge in [0, 0.05) is 18.1 Å². The molecule has 1 aliphatic rings. The Balaban J connectivity index is 1.82.